The van der Waals surface area contributed by atoms with Gasteiger partial charge in [-0.3, -0.25) is 14.9 Å². The second-order valence-corrected chi connectivity index (χ2v) is 8.55. The molecule has 1 aliphatic heterocycles. The second kappa shape index (κ2) is 9.61. The van der Waals surface area contributed by atoms with Crippen LogP contribution in [0, 0.1) is 12.7 Å². The quantitative estimate of drug-likeness (QED) is 0.370. The third-order valence-corrected chi connectivity index (χ3v) is 6.20. The Labute approximate surface area is 204 Å². The summed E-state index contributed by atoms with van der Waals surface area (Å²) in [5, 5.41) is 2.22. The van der Waals surface area contributed by atoms with Gasteiger partial charge in [0.1, 0.15) is 17.1 Å². The van der Waals surface area contributed by atoms with Crippen LogP contribution in [0.15, 0.2) is 70.7 Å². The third kappa shape index (κ3) is 4.49. The van der Waals surface area contributed by atoms with E-state index < -0.39 is 17.8 Å². The van der Waals surface area contributed by atoms with E-state index in [2.05, 4.69) is 21.2 Å². The number of rotatable bonds is 5. The molecule has 6 nitrogen and oxygen atoms in total. The lowest BCUT2D eigenvalue weighted by Gasteiger charge is -2.27. The van der Waals surface area contributed by atoms with Gasteiger partial charge < -0.3 is 4.74 Å². The maximum absolute atomic E-state index is 14.2. The largest absolute Gasteiger partial charge is 0.496 e. The van der Waals surface area contributed by atoms with Gasteiger partial charge in [0.25, 0.3) is 11.8 Å². The van der Waals surface area contributed by atoms with Crippen LogP contribution in [0.3, 0.4) is 0 Å². The number of halogens is 2. The lowest BCUT2D eigenvalue weighted by Crippen LogP contribution is -2.54. The highest BCUT2D eigenvalue weighted by molar-refractivity contribution is 9.10. The van der Waals surface area contributed by atoms with E-state index in [0.29, 0.717) is 38.2 Å². The Bertz CT molecular complexity index is 1350. The van der Waals surface area contributed by atoms with Gasteiger partial charge in [0.15, 0.2) is 0 Å². The van der Waals surface area contributed by atoms with Crippen LogP contribution in [-0.2, 0) is 16.0 Å². The average Bonchev–Trinajstić information content (AvgIpc) is 2.80. The van der Waals surface area contributed by atoms with Crippen molar-refractivity contribution in [2.24, 2.45) is 0 Å². The molecule has 0 bridgehead atoms. The van der Waals surface area contributed by atoms with Crippen molar-refractivity contribution in [3.05, 3.63) is 98.8 Å². The number of hydrogen-bond donors (Lipinski definition) is 1. The number of nitrogens with zero attached hydrogens (tertiary/aromatic N) is 1. The summed E-state index contributed by atoms with van der Waals surface area (Å²) in [6.07, 6.45) is 1.68. The molecule has 1 heterocycles. The number of benzene rings is 3. The number of carbonyl (C=O) groups excluding carboxylic acids is 3. The summed E-state index contributed by atoms with van der Waals surface area (Å²) in [6, 6.07) is 15.9. The van der Waals surface area contributed by atoms with E-state index in [9.17, 15) is 18.8 Å². The summed E-state index contributed by atoms with van der Waals surface area (Å²) < 4.78 is 20.3. The fourth-order valence-corrected chi connectivity index (χ4v) is 4.36. The molecule has 3 aromatic rings. The first-order valence-corrected chi connectivity index (χ1v) is 11.2. The van der Waals surface area contributed by atoms with Crippen LogP contribution >= 0.6 is 15.9 Å². The van der Waals surface area contributed by atoms with Crippen molar-refractivity contribution >= 4 is 45.5 Å². The van der Waals surface area contributed by atoms with E-state index >= 15 is 0 Å². The van der Waals surface area contributed by atoms with Crippen LogP contribution in [0.1, 0.15) is 22.3 Å². The molecule has 0 saturated carbocycles. The summed E-state index contributed by atoms with van der Waals surface area (Å²) in [6.45, 7) is 1.77. The first-order valence-electron chi connectivity index (χ1n) is 10.4. The predicted molar refractivity (Wildman–Crippen MR) is 130 cm³/mol. The monoisotopic (exact) mass is 522 g/mol. The number of urea groups is 1. The third-order valence-electron chi connectivity index (χ3n) is 5.49. The number of ether oxygens (including phenoxy) is 1. The van der Waals surface area contributed by atoms with Crippen molar-refractivity contribution in [2.75, 3.05) is 12.0 Å². The number of amides is 4. The molecule has 0 aromatic heterocycles. The van der Waals surface area contributed by atoms with Gasteiger partial charge in [-0.25, -0.2) is 14.1 Å². The maximum Gasteiger partial charge on any atom is 0.335 e. The Morgan fingerprint density at radius 3 is 2.47 bits per heavy atom. The van der Waals surface area contributed by atoms with Crippen molar-refractivity contribution in [1.29, 1.82) is 0 Å². The van der Waals surface area contributed by atoms with Crippen molar-refractivity contribution < 1.29 is 23.5 Å². The molecule has 1 fully saturated rings. The zero-order chi connectivity index (χ0) is 24.4. The molecule has 4 amide bonds. The molecular weight excluding hydrogens is 503 g/mol. The Hall–Kier alpha value is -3.78. The van der Waals surface area contributed by atoms with Gasteiger partial charge in [-0.15, -0.1) is 0 Å². The van der Waals surface area contributed by atoms with E-state index in [1.807, 2.05) is 0 Å². The van der Waals surface area contributed by atoms with Crippen LogP contribution in [0.5, 0.6) is 5.75 Å². The van der Waals surface area contributed by atoms with Crippen molar-refractivity contribution in [1.82, 2.24) is 5.32 Å². The highest BCUT2D eigenvalue weighted by Gasteiger charge is 2.37. The van der Waals surface area contributed by atoms with Crippen LogP contribution in [0.4, 0.5) is 14.9 Å². The molecule has 0 radical (unpaired) electrons. The van der Waals surface area contributed by atoms with Crippen molar-refractivity contribution in [2.45, 2.75) is 13.3 Å². The molecule has 0 spiro atoms. The van der Waals surface area contributed by atoms with Crippen LogP contribution in [0.2, 0.25) is 0 Å². The summed E-state index contributed by atoms with van der Waals surface area (Å²) in [5.41, 5.74) is 2.62. The number of nitrogens with one attached hydrogen (secondary N) is 1. The molecule has 1 saturated heterocycles. The van der Waals surface area contributed by atoms with Crippen molar-refractivity contribution in [3.8, 4) is 5.75 Å². The molecular formula is C26H20BrFN2O4. The molecule has 172 valence electrons. The summed E-state index contributed by atoms with van der Waals surface area (Å²) in [4.78, 5) is 39.1. The van der Waals surface area contributed by atoms with E-state index in [0.717, 1.165) is 4.90 Å². The lowest BCUT2D eigenvalue weighted by molar-refractivity contribution is -0.122. The number of carbonyl (C=O) groups is 3. The SMILES string of the molecule is COc1cc(/C=C2\C(=O)NC(=O)N(c3ccccc3C)C2=O)cc(Br)c1Cc1ccccc1F. The highest BCUT2D eigenvalue weighted by Crippen LogP contribution is 2.33. The topological polar surface area (TPSA) is 75.7 Å². The minimum Gasteiger partial charge on any atom is -0.496 e. The lowest BCUT2D eigenvalue weighted by atomic mass is 10.00. The number of imide groups is 2. The second-order valence-electron chi connectivity index (χ2n) is 7.70. The number of methoxy groups -OCH3 is 1. The first kappa shape index (κ1) is 23.4. The standard InChI is InChI=1S/C26H20BrFN2O4/c1-15-7-3-6-10-22(15)30-25(32)19(24(31)29-26(30)33)11-16-12-20(27)18(23(13-16)34-2)14-17-8-4-5-9-21(17)28/h3-13H,14H2,1-2H3,(H,29,31,33)/b19-11+. The minimum absolute atomic E-state index is 0.196. The molecule has 1 N–H and O–H groups in total. The Balaban J connectivity index is 1.73. The minimum atomic E-state index is -0.805. The normalized spacial score (nSPS) is 15.0. The van der Waals surface area contributed by atoms with Crippen LogP contribution in [0.25, 0.3) is 6.08 Å². The number of aryl methyl sites for hydroxylation is 1. The van der Waals surface area contributed by atoms with Gasteiger partial charge >= 0.3 is 6.03 Å². The van der Waals surface area contributed by atoms with Gasteiger partial charge in [-0.2, -0.15) is 0 Å². The van der Waals surface area contributed by atoms with Gasteiger partial charge in [0, 0.05) is 16.5 Å². The summed E-state index contributed by atoms with van der Waals surface area (Å²) in [5.74, 6) is -1.38. The van der Waals surface area contributed by atoms with E-state index in [-0.39, 0.29) is 17.8 Å². The highest BCUT2D eigenvalue weighted by atomic mass is 79.9. The molecule has 0 unspecified atom stereocenters. The average molecular weight is 523 g/mol. The Kier molecular flexibility index (Phi) is 6.61. The Morgan fingerprint density at radius 2 is 1.76 bits per heavy atom. The van der Waals surface area contributed by atoms with E-state index in [1.165, 1.54) is 19.3 Å². The number of para-hydroxylation sites is 1. The van der Waals surface area contributed by atoms with E-state index in [4.69, 9.17) is 4.74 Å². The van der Waals surface area contributed by atoms with Crippen LogP contribution in [-0.4, -0.2) is 25.0 Å². The fraction of sp³-hybridized carbons (Fsp3) is 0.115. The van der Waals surface area contributed by atoms with E-state index in [1.54, 1.807) is 61.5 Å². The number of barbiturate groups is 1. The van der Waals surface area contributed by atoms with Crippen LogP contribution < -0.4 is 15.0 Å². The fourth-order valence-electron chi connectivity index (χ4n) is 3.76. The molecule has 34 heavy (non-hydrogen) atoms. The summed E-state index contributed by atoms with van der Waals surface area (Å²) >= 11 is 3.50. The molecule has 8 heteroatoms. The molecule has 1 aliphatic rings. The molecule has 0 aliphatic carbocycles. The van der Waals surface area contributed by atoms with Gasteiger partial charge in [0.05, 0.1) is 12.8 Å². The van der Waals surface area contributed by atoms with Gasteiger partial charge in [0.2, 0.25) is 0 Å². The van der Waals surface area contributed by atoms with Crippen molar-refractivity contribution in [3.63, 3.8) is 0 Å². The smallest absolute Gasteiger partial charge is 0.335 e. The summed E-state index contributed by atoms with van der Waals surface area (Å²) in [7, 11) is 1.49. The molecule has 3 aromatic carbocycles. The zero-order valence-corrected chi connectivity index (χ0v) is 20.0. The molecule has 4 rings (SSSR count). The predicted octanol–water partition coefficient (Wildman–Crippen LogP) is 5.16. The zero-order valence-electron chi connectivity index (χ0n) is 18.4. The Morgan fingerprint density at radius 1 is 1.06 bits per heavy atom. The number of hydrogen-bond acceptors (Lipinski definition) is 4. The maximum atomic E-state index is 14.2. The molecule has 0 atom stereocenters. The number of anilines is 1. The first-order chi connectivity index (χ1) is 16.3. The van der Waals surface area contributed by atoms with Gasteiger partial charge in [-0.05, 0) is 54.0 Å². The van der Waals surface area contributed by atoms with Gasteiger partial charge in [-0.1, -0.05) is 52.3 Å².